The number of nitrogens with zero attached hydrogens (tertiary/aromatic N) is 2. The summed E-state index contributed by atoms with van der Waals surface area (Å²) < 4.78 is 26.6. The van der Waals surface area contributed by atoms with Crippen molar-refractivity contribution in [2.75, 3.05) is 11.9 Å². The first-order chi connectivity index (χ1) is 9.87. The summed E-state index contributed by atoms with van der Waals surface area (Å²) in [5, 5.41) is 9.92. The molecule has 2 rings (SSSR count). The van der Waals surface area contributed by atoms with E-state index in [4.69, 9.17) is 11.6 Å². The zero-order valence-electron chi connectivity index (χ0n) is 11.5. The Bertz CT molecular complexity index is 604. The van der Waals surface area contributed by atoms with Crippen LogP contribution in [-0.2, 0) is 14.8 Å². The molecule has 21 heavy (non-hydrogen) atoms. The smallest absolute Gasteiger partial charge is 0.269 e. The van der Waals surface area contributed by atoms with E-state index < -0.39 is 10.0 Å². The number of hydrogen-bond donors (Lipinski definition) is 2. The third-order valence-electron chi connectivity index (χ3n) is 3.20. The van der Waals surface area contributed by atoms with Crippen LogP contribution in [0.1, 0.15) is 32.6 Å². The van der Waals surface area contributed by atoms with E-state index in [-0.39, 0.29) is 26.7 Å². The van der Waals surface area contributed by atoms with E-state index in [0.29, 0.717) is 6.54 Å². The summed E-state index contributed by atoms with van der Waals surface area (Å²) in [5.74, 6) is -0.0721. The number of sulfonamides is 1. The second-order valence-electron chi connectivity index (χ2n) is 5.04. The SMILES string of the molecule is CC(=O)Nc1nnc(S(=O)(=O)NCC2CCCC(Cl)C2)s1. The van der Waals surface area contributed by atoms with Gasteiger partial charge in [0, 0.05) is 18.8 Å². The lowest BCUT2D eigenvalue weighted by atomic mass is 9.89. The Labute approximate surface area is 132 Å². The molecule has 10 heteroatoms. The number of anilines is 1. The van der Waals surface area contributed by atoms with Crippen molar-refractivity contribution in [3.8, 4) is 0 Å². The lowest BCUT2D eigenvalue weighted by molar-refractivity contribution is -0.114. The predicted molar refractivity (Wildman–Crippen MR) is 81.0 cm³/mol. The van der Waals surface area contributed by atoms with Gasteiger partial charge in [0.1, 0.15) is 0 Å². The minimum Gasteiger partial charge on any atom is -0.301 e. The standard InChI is InChI=1S/C11H17ClN4O3S2/c1-7(17)14-10-15-16-11(20-10)21(18,19)13-6-8-3-2-4-9(12)5-8/h8-9,13H,2-6H2,1H3,(H,14,15,17). The number of amides is 1. The fourth-order valence-corrected chi connectivity index (χ4v) is 4.73. The van der Waals surface area contributed by atoms with Gasteiger partial charge in [0.25, 0.3) is 10.0 Å². The van der Waals surface area contributed by atoms with Gasteiger partial charge in [-0.25, -0.2) is 13.1 Å². The maximum Gasteiger partial charge on any atom is 0.269 e. The quantitative estimate of drug-likeness (QED) is 0.618. The minimum atomic E-state index is -3.69. The Hall–Kier alpha value is -0.770. The number of hydrogen-bond acceptors (Lipinski definition) is 6. The van der Waals surface area contributed by atoms with Crippen molar-refractivity contribution < 1.29 is 13.2 Å². The highest BCUT2D eigenvalue weighted by Crippen LogP contribution is 2.28. The second kappa shape index (κ2) is 6.99. The molecule has 1 aromatic heterocycles. The summed E-state index contributed by atoms with van der Waals surface area (Å²) in [7, 11) is -3.69. The van der Waals surface area contributed by atoms with E-state index in [1.165, 1.54) is 6.92 Å². The van der Waals surface area contributed by atoms with Crippen LogP contribution in [0.3, 0.4) is 0 Å². The van der Waals surface area contributed by atoms with Crippen molar-refractivity contribution in [3.63, 3.8) is 0 Å². The molecule has 2 atom stereocenters. The van der Waals surface area contributed by atoms with Crippen molar-refractivity contribution in [2.24, 2.45) is 5.92 Å². The van der Waals surface area contributed by atoms with Crippen LogP contribution >= 0.6 is 22.9 Å². The van der Waals surface area contributed by atoms with E-state index in [9.17, 15) is 13.2 Å². The van der Waals surface area contributed by atoms with Crippen molar-refractivity contribution in [1.29, 1.82) is 0 Å². The first kappa shape index (κ1) is 16.6. The van der Waals surface area contributed by atoms with E-state index in [2.05, 4.69) is 20.2 Å². The van der Waals surface area contributed by atoms with Crippen LogP contribution in [0.2, 0.25) is 0 Å². The van der Waals surface area contributed by atoms with Gasteiger partial charge in [-0.1, -0.05) is 17.8 Å². The Morgan fingerprint density at radius 2 is 2.19 bits per heavy atom. The maximum absolute atomic E-state index is 12.1. The molecule has 0 saturated heterocycles. The summed E-state index contributed by atoms with van der Waals surface area (Å²) in [5.41, 5.74) is 0. The number of carbonyl (C=O) groups excluding carboxylic acids is 1. The molecule has 0 aromatic carbocycles. The third kappa shape index (κ3) is 4.87. The molecule has 1 saturated carbocycles. The van der Waals surface area contributed by atoms with E-state index in [1.54, 1.807) is 0 Å². The average Bonchev–Trinajstić information content (AvgIpc) is 2.85. The summed E-state index contributed by atoms with van der Waals surface area (Å²) in [6.07, 6.45) is 3.80. The maximum atomic E-state index is 12.1. The first-order valence-corrected chi connectivity index (χ1v) is 9.35. The zero-order valence-corrected chi connectivity index (χ0v) is 13.9. The molecule has 1 heterocycles. The monoisotopic (exact) mass is 352 g/mol. The molecule has 1 aromatic rings. The highest BCUT2D eigenvalue weighted by atomic mass is 35.5. The van der Waals surface area contributed by atoms with Crippen LogP contribution in [0.4, 0.5) is 5.13 Å². The van der Waals surface area contributed by atoms with Gasteiger partial charge in [0.15, 0.2) is 0 Å². The summed E-state index contributed by atoms with van der Waals surface area (Å²) >= 11 is 6.92. The molecule has 2 unspecified atom stereocenters. The number of aromatic nitrogens is 2. The molecule has 0 radical (unpaired) electrons. The first-order valence-electron chi connectivity index (χ1n) is 6.61. The Morgan fingerprint density at radius 3 is 2.86 bits per heavy atom. The van der Waals surface area contributed by atoms with E-state index in [1.807, 2.05) is 0 Å². The fourth-order valence-electron chi connectivity index (χ4n) is 2.22. The molecular formula is C11H17ClN4O3S2. The van der Waals surface area contributed by atoms with Gasteiger partial charge in [-0.05, 0) is 25.2 Å². The fraction of sp³-hybridized carbons (Fsp3) is 0.727. The Balaban J connectivity index is 1.94. The Kier molecular flexibility index (Phi) is 5.53. The van der Waals surface area contributed by atoms with Crippen molar-refractivity contribution in [3.05, 3.63) is 0 Å². The lowest BCUT2D eigenvalue weighted by Gasteiger charge is -2.25. The highest BCUT2D eigenvalue weighted by Gasteiger charge is 2.25. The summed E-state index contributed by atoms with van der Waals surface area (Å²) in [6, 6.07) is 0. The predicted octanol–water partition coefficient (Wildman–Crippen LogP) is 1.57. The molecule has 1 aliphatic carbocycles. The lowest BCUT2D eigenvalue weighted by Crippen LogP contribution is -2.32. The molecule has 118 valence electrons. The minimum absolute atomic E-state index is 0.126. The molecular weight excluding hydrogens is 336 g/mol. The van der Waals surface area contributed by atoms with Crippen LogP contribution in [0.25, 0.3) is 0 Å². The van der Waals surface area contributed by atoms with Gasteiger partial charge in [0.2, 0.25) is 15.4 Å². The molecule has 1 fully saturated rings. The van der Waals surface area contributed by atoms with Gasteiger partial charge >= 0.3 is 0 Å². The van der Waals surface area contributed by atoms with Crippen LogP contribution < -0.4 is 10.0 Å². The van der Waals surface area contributed by atoms with E-state index >= 15 is 0 Å². The highest BCUT2D eigenvalue weighted by molar-refractivity contribution is 7.91. The van der Waals surface area contributed by atoms with Crippen LogP contribution in [0.5, 0.6) is 0 Å². The van der Waals surface area contributed by atoms with Crippen molar-refractivity contribution in [1.82, 2.24) is 14.9 Å². The number of carbonyl (C=O) groups is 1. The number of halogens is 1. The van der Waals surface area contributed by atoms with Gasteiger partial charge in [-0.15, -0.1) is 21.8 Å². The van der Waals surface area contributed by atoms with Gasteiger partial charge in [0.05, 0.1) is 0 Å². The number of rotatable bonds is 5. The molecule has 7 nitrogen and oxygen atoms in total. The second-order valence-corrected chi connectivity index (χ2v) is 8.57. The van der Waals surface area contributed by atoms with Crippen LogP contribution in [0, 0.1) is 5.92 Å². The van der Waals surface area contributed by atoms with Crippen LogP contribution in [0.15, 0.2) is 4.34 Å². The third-order valence-corrected chi connectivity index (χ3v) is 6.23. The van der Waals surface area contributed by atoms with Gasteiger partial charge < -0.3 is 5.32 Å². The summed E-state index contributed by atoms with van der Waals surface area (Å²) in [4.78, 5) is 10.9. The van der Waals surface area contributed by atoms with E-state index in [0.717, 1.165) is 37.0 Å². The topological polar surface area (TPSA) is 101 Å². The zero-order chi connectivity index (χ0) is 15.5. The molecule has 0 aliphatic heterocycles. The molecule has 0 bridgehead atoms. The largest absolute Gasteiger partial charge is 0.301 e. The summed E-state index contributed by atoms with van der Waals surface area (Å²) in [6.45, 7) is 1.67. The molecule has 0 spiro atoms. The van der Waals surface area contributed by atoms with Crippen molar-refractivity contribution in [2.45, 2.75) is 42.3 Å². The van der Waals surface area contributed by atoms with Crippen molar-refractivity contribution >= 4 is 44.0 Å². The number of alkyl halides is 1. The van der Waals surface area contributed by atoms with Gasteiger partial charge in [-0.2, -0.15) is 0 Å². The molecule has 2 N–H and O–H groups in total. The molecule has 1 amide bonds. The molecule has 1 aliphatic rings. The average molecular weight is 353 g/mol. The number of nitrogens with one attached hydrogen (secondary N) is 2. The van der Waals surface area contributed by atoms with Gasteiger partial charge in [-0.3, -0.25) is 4.79 Å². The van der Waals surface area contributed by atoms with Crippen LogP contribution in [-0.4, -0.2) is 36.4 Å². The Morgan fingerprint density at radius 1 is 1.43 bits per heavy atom. The normalized spacial score (nSPS) is 23.0.